The summed E-state index contributed by atoms with van der Waals surface area (Å²) < 4.78 is 4.98. The van der Waals surface area contributed by atoms with E-state index in [1.165, 1.54) is 0 Å². The molecule has 3 aliphatic rings. The van der Waals surface area contributed by atoms with E-state index in [4.69, 9.17) is 10.5 Å². The van der Waals surface area contributed by atoms with E-state index in [1.807, 2.05) is 13.8 Å². The minimum absolute atomic E-state index is 0.114. The van der Waals surface area contributed by atoms with Crippen molar-refractivity contribution in [1.29, 1.82) is 0 Å². The molecule has 3 fully saturated rings. The number of benzene rings is 1. The van der Waals surface area contributed by atoms with Gasteiger partial charge < -0.3 is 36.6 Å². The molecule has 2 aliphatic heterocycles. The summed E-state index contributed by atoms with van der Waals surface area (Å²) in [5, 5.41) is 10.4. The van der Waals surface area contributed by atoms with Crippen LogP contribution in [-0.2, 0) is 33.5 Å². The summed E-state index contributed by atoms with van der Waals surface area (Å²) in [5.41, 5.74) is 5.94. The van der Waals surface area contributed by atoms with Crippen LogP contribution in [0.15, 0.2) is 30.3 Å². The molecule has 2 heterocycles. The Labute approximate surface area is 320 Å². The van der Waals surface area contributed by atoms with Crippen molar-refractivity contribution in [3.63, 3.8) is 0 Å². The van der Waals surface area contributed by atoms with Gasteiger partial charge >= 0.3 is 6.09 Å². The predicted octanol–water partition coefficient (Wildman–Crippen LogP) is 2.80. The first kappa shape index (κ1) is 42.0. The van der Waals surface area contributed by atoms with Crippen LogP contribution in [0.1, 0.15) is 90.2 Å². The molecule has 4 rings (SSSR count). The van der Waals surface area contributed by atoms with Crippen molar-refractivity contribution in [3.8, 4) is 0 Å². The number of nitrogens with zero attached hydrogens (tertiary/aromatic N) is 1. The summed E-state index contributed by atoms with van der Waals surface area (Å²) in [4.78, 5) is 94.3. The molecule has 1 unspecified atom stereocenters. The van der Waals surface area contributed by atoms with Crippen LogP contribution in [0, 0.1) is 11.8 Å². The minimum atomic E-state index is -1.21. The highest BCUT2D eigenvalue weighted by molar-refractivity contribution is 8.18. The second-order valence-electron chi connectivity index (χ2n) is 14.4. The number of rotatable bonds is 16. The van der Waals surface area contributed by atoms with E-state index in [0.717, 1.165) is 50.0 Å². The lowest BCUT2D eigenvalue weighted by Gasteiger charge is -2.35. The molecule has 0 aromatic heterocycles. The van der Waals surface area contributed by atoms with Crippen LogP contribution in [0.4, 0.5) is 4.79 Å². The summed E-state index contributed by atoms with van der Waals surface area (Å²) in [6.07, 6.45) is 5.71. The third-order valence-electron chi connectivity index (χ3n) is 9.67. The van der Waals surface area contributed by atoms with Crippen LogP contribution in [0.25, 0.3) is 0 Å². The molecule has 16 heteroatoms. The lowest BCUT2D eigenvalue weighted by atomic mass is 9.83. The Morgan fingerprint density at radius 1 is 0.943 bits per heavy atom. The number of ether oxygens (including phenoxy) is 1. The van der Waals surface area contributed by atoms with E-state index >= 15 is 0 Å². The van der Waals surface area contributed by atoms with Gasteiger partial charge in [0.05, 0.1) is 23.3 Å². The van der Waals surface area contributed by atoms with Gasteiger partial charge in [0.25, 0.3) is 5.91 Å². The Balaban J connectivity index is 1.47. The molecule has 14 nitrogen and oxygen atoms in total. The van der Waals surface area contributed by atoms with Crippen molar-refractivity contribution in [2.45, 2.75) is 107 Å². The number of likely N-dealkylation sites (tertiary alicyclic amines) is 1. The molecular formula is C37H54N6O8S2. The van der Waals surface area contributed by atoms with Crippen molar-refractivity contribution in [1.82, 2.24) is 26.2 Å². The smallest absolute Gasteiger partial charge is 0.407 e. The van der Waals surface area contributed by atoms with Crippen molar-refractivity contribution in [2.24, 2.45) is 17.6 Å². The van der Waals surface area contributed by atoms with Gasteiger partial charge in [-0.15, -0.1) is 23.5 Å². The van der Waals surface area contributed by atoms with Crippen molar-refractivity contribution in [3.05, 3.63) is 35.9 Å². The Hall–Kier alpha value is -3.79. The van der Waals surface area contributed by atoms with Gasteiger partial charge in [-0.1, -0.05) is 76.8 Å². The predicted molar refractivity (Wildman–Crippen MR) is 203 cm³/mol. The lowest BCUT2D eigenvalue weighted by molar-refractivity contribution is -0.143. The van der Waals surface area contributed by atoms with E-state index in [-0.39, 0.29) is 30.8 Å². The molecule has 1 saturated carbocycles. The fourth-order valence-electron chi connectivity index (χ4n) is 6.98. The lowest BCUT2D eigenvalue weighted by Crippen LogP contribution is -2.58. The number of hydrogen-bond donors (Lipinski definition) is 5. The highest BCUT2D eigenvalue weighted by Crippen LogP contribution is 2.50. The molecule has 1 aromatic carbocycles. The van der Waals surface area contributed by atoms with Crippen molar-refractivity contribution >= 4 is 64.9 Å². The average molecular weight is 775 g/mol. The van der Waals surface area contributed by atoms with Gasteiger partial charge in [-0.3, -0.25) is 28.8 Å². The topological polar surface area (TPSA) is 206 Å². The molecule has 53 heavy (non-hydrogen) atoms. The zero-order valence-electron chi connectivity index (χ0n) is 30.9. The maximum atomic E-state index is 14.5. The van der Waals surface area contributed by atoms with Gasteiger partial charge in [0.15, 0.2) is 0 Å². The maximum absolute atomic E-state index is 14.5. The van der Waals surface area contributed by atoms with Gasteiger partial charge in [0.2, 0.25) is 29.4 Å². The quantitative estimate of drug-likeness (QED) is 0.155. The van der Waals surface area contributed by atoms with Gasteiger partial charge in [0, 0.05) is 13.0 Å². The number of carbonyl (C=O) groups is 7. The molecule has 0 bridgehead atoms. The molecule has 1 spiro atoms. The third kappa shape index (κ3) is 11.8. The molecular weight excluding hydrogens is 721 g/mol. The normalized spacial score (nSPS) is 20.2. The molecule has 292 valence electrons. The van der Waals surface area contributed by atoms with Crippen molar-refractivity contribution < 1.29 is 38.3 Å². The number of alkyl carbamates (subject to hydrolysis) is 1. The average Bonchev–Trinajstić information content (AvgIpc) is 3.52. The zero-order chi connectivity index (χ0) is 38.5. The second-order valence-corrected chi connectivity index (χ2v) is 17.6. The van der Waals surface area contributed by atoms with Crippen LogP contribution >= 0.6 is 23.5 Å². The number of Topliss-reactive ketones (excluding diaryl/α,β-unsaturated/α-hetero) is 1. The summed E-state index contributed by atoms with van der Waals surface area (Å²) in [7, 11) is 0. The minimum Gasteiger partial charge on any atom is -0.449 e. The Morgan fingerprint density at radius 2 is 1.62 bits per heavy atom. The molecule has 6 amide bonds. The van der Waals surface area contributed by atoms with Gasteiger partial charge in [0.1, 0.15) is 18.1 Å². The molecule has 2 saturated heterocycles. The number of thioether (sulfide) groups is 2. The third-order valence-corrected chi connectivity index (χ3v) is 13.0. The maximum Gasteiger partial charge on any atom is 0.407 e. The molecule has 4 atom stereocenters. The second kappa shape index (κ2) is 20.0. The molecule has 6 N–H and O–H groups in total. The molecule has 1 aliphatic carbocycles. The largest absolute Gasteiger partial charge is 0.449 e. The first-order valence-electron chi connectivity index (χ1n) is 18.6. The fraction of sp³-hybridized carbons (Fsp3) is 0.649. The van der Waals surface area contributed by atoms with Gasteiger partial charge in [-0.25, -0.2) is 4.79 Å². The van der Waals surface area contributed by atoms with E-state index in [1.54, 1.807) is 65.7 Å². The number of primary amides is 1. The van der Waals surface area contributed by atoms with E-state index in [2.05, 4.69) is 21.3 Å². The monoisotopic (exact) mass is 774 g/mol. The standard InChI is InChI=1S/C37H54N6O8S2/c1-4-12-26(31(45)34(48)39-20-28(44)41-29(32(38)46)24-13-7-5-8-14-24)40-33(47)27-19-37(52-17-11-18-53-37)22-43(27)35(49)30(25-15-9-6-10-16-25)42-36(50)51-21-23(2)3/h5,7-8,13-14,23,25-27,29-30H,4,6,9-12,15-22H2,1-3H3,(H2,38,46)(H,39,48)(H,40,47)(H,41,44)(H,42,50)/t26?,27-,29-,30-/m0/s1. The van der Waals surface area contributed by atoms with Crippen LogP contribution in [-0.4, -0.2) is 99.7 Å². The number of hydrogen-bond acceptors (Lipinski definition) is 10. The number of ketones is 1. The first-order valence-corrected chi connectivity index (χ1v) is 20.6. The number of nitrogens with two attached hydrogens (primary N) is 1. The van der Waals surface area contributed by atoms with Crippen LogP contribution in [0.3, 0.4) is 0 Å². The van der Waals surface area contributed by atoms with E-state index in [0.29, 0.717) is 24.9 Å². The Kier molecular flexibility index (Phi) is 15.9. The zero-order valence-corrected chi connectivity index (χ0v) is 32.5. The molecule has 0 radical (unpaired) electrons. The van der Waals surface area contributed by atoms with Crippen LogP contribution in [0.5, 0.6) is 0 Å². The number of amides is 6. The van der Waals surface area contributed by atoms with Gasteiger partial charge in [-0.2, -0.15) is 0 Å². The molecule has 1 aromatic rings. The summed E-state index contributed by atoms with van der Waals surface area (Å²) >= 11 is 3.44. The van der Waals surface area contributed by atoms with Crippen LogP contribution in [0.2, 0.25) is 0 Å². The van der Waals surface area contributed by atoms with Crippen LogP contribution < -0.4 is 27.0 Å². The fourth-order valence-corrected chi connectivity index (χ4v) is 10.3. The Bertz CT molecular complexity index is 1470. The number of nitrogens with one attached hydrogen (secondary N) is 4. The summed E-state index contributed by atoms with van der Waals surface area (Å²) in [5.74, 6) is -2.71. The summed E-state index contributed by atoms with van der Waals surface area (Å²) in [6, 6.07) is 4.19. The van der Waals surface area contributed by atoms with Crippen molar-refractivity contribution in [2.75, 3.05) is 31.2 Å². The summed E-state index contributed by atoms with van der Waals surface area (Å²) in [6.45, 7) is 5.55. The highest BCUT2D eigenvalue weighted by Gasteiger charge is 2.52. The first-order chi connectivity index (χ1) is 25.3. The highest BCUT2D eigenvalue weighted by atomic mass is 32.2. The SMILES string of the molecule is CCCC(NC(=O)[C@@H]1CC2(CN1C(=O)[C@@H](NC(=O)OCC(C)C)C1CCCCC1)SCCCS2)C(=O)C(=O)NCC(=O)N[C@H](C(N)=O)c1ccccc1. The number of carbonyl (C=O) groups excluding carboxylic acids is 7. The van der Waals surface area contributed by atoms with E-state index < -0.39 is 70.3 Å². The van der Waals surface area contributed by atoms with Gasteiger partial charge in [-0.05, 0) is 54.6 Å². The Morgan fingerprint density at radius 3 is 2.25 bits per heavy atom. The van der Waals surface area contributed by atoms with E-state index in [9.17, 15) is 33.6 Å².